The molecule has 6 nitrogen and oxygen atoms in total. The fourth-order valence-corrected chi connectivity index (χ4v) is 6.47. The first-order chi connectivity index (χ1) is 15.3. The maximum Gasteiger partial charge on any atom is 0.258 e. The van der Waals surface area contributed by atoms with E-state index in [0.29, 0.717) is 23.3 Å². The van der Waals surface area contributed by atoms with Crippen LogP contribution in [0, 0.1) is 5.92 Å². The fraction of sp³-hybridized carbons (Fsp3) is 0.292. The van der Waals surface area contributed by atoms with Crippen LogP contribution in [-0.2, 0) is 14.7 Å². The summed E-state index contributed by atoms with van der Waals surface area (Å²) in [5.74, 6) is 4.83. The van der Waals surface area contributed by atoms with Crippen molar-refractivity contribution in [1.29, 1.82) is 0 Å². The Morgan fingerprint density at radius 2 is 1.69 bits per heavy atom. The van der Waals surface area contributed by atoms with Crippen molar-refractivity contribution in [2.24, 2.45) is 5.92 Å². The standard InChI is InChI=1S/C24H27N3O3S2/c1-17(2)15-20-23(28)27(32(4,29)26(20)3)16-31-24-25-21(18-11-7-5-8-12-18)22(30-24)19-13-9-6-10-14-19/h5-14,17,20H,4,15-16H2,1-3H3. The van der Waals surface area contributed by atoms with E-state index >= 15 is 0 Å². The average molecular weight is 470 g/mol. The Kier molecular flexibility index (Phi) is 6.46. The van der Waals surface area contributed by atoms with Crippen LogP contribution in [0.3, 0.4) is 0 Å². The van der Waals surface area contributed by atoms with Gasteiger partial charge in [-0.05, 0) is 30.0 Å². The Morgan fingerprint density at radius 1 is 1.09 bits per heavy atom. The zero-order valence-corrected chi connectivity index (χ0v) is 20.1. The first-order valence-corrected chi connectivity index (χ1v) is 13.1. The highest BCUT2D eigenvalue weighted by molar-refractivity contribution is 8.01. The summed E-state index contributed by atoms with van der Waals surface area (Å²) in [6.07, 6.45) is 0.637. The summed E-state index contributed by atoms with van der Waals surface area (Å²) in [5.41, 5.74) is 2.59. The average Bonchev–Trinajstić information content (AvgIpc) is 3.27. The summed E-state index contributed by atoms with van der Waals surface area (Å²) < 4.78 is 22.3. The lowest BCUT2D eigenvalue weighted by Gasteiger charge is -2.20. The smallest absolute Gasteiger partial charge is 0.258 e. The van der Waals surface area contributed by atoms with Gasteiger partial charge in [-0.2, -0.15) is 0 Å². The summed E-state index contributed by atoms with van der Waals surface area (Å²) in [4.78, 5) is 17.7. The zero-order chi connectivity index (χ0) is 22.9. The van der Waals surface area contributed by atoms with Gasteiger partial charge in [-0.3, -0.25) is 4.79 Å². The van der Waals surface area contributed by atoms with E-state index in [4.69, 9.17) is 9.40 Å². The molecule has 3 aromatic rings. The quantitative estimate of drug-likeness (QED) is 0.368. The number of amides is 1. The monoisotopic (exact) mass is 469 g/mol. The van der Waals surface area contributed by atoms with E-state index in [0.717, 1.165) is 16.8 Å². The Morgan fingerprint density at radius 3 is 2.28 bits per heavy atom. The Hall–Kier alpha value is -2.55. The lowest BCUT2D eigenvalue weighted by atomic mass is 10.0. The minimum absolute atomic E-state index is 0.156. The lowest BCUT2D eigenvalue weighted by Crippen LogP contribution is -2.32. The largest absolute Gasteiger partial charge is 0.431 e. The predicted molar refractivity (Wildman–Crippen MR) is 131 cm³/mol. The molecule has 168 valence electrons. The van der Waals surface area contributed by atoms with Crippen molar-refractivity contribution in [3.8, 4) is 22.6 Å². The maximum absolute atomic E-state index is 13.2. The van der Waals surface area contributed by atoms with Crippen LogP contribution >= 0.6 is 11.8 Å². The molecule has 0 aliphatic carbocycles. The summed E-state index contributed by atoms with van der Waals surface area (Å²) in [6, 6.07) is 19.2. The number of carbonyl (C=O) groups is 1. The summed E-state index contributed by atoms with van der Waals surface area (Å²) >= 11 is 1.25. The van der Waals surface area contributed by atoms with Crippen LogP contribution in [0.25, 0.3) is 22.6 Å². The van der Waals surface area contributed by atoms with Gasteiger partial charge in [0.1, 0.15) is 21.6 Å². The molecular weight excluding hydrogens is 442 g/mol. The molecule has 4 rings (SSSR count). The number of hydrogen-bond donors (Lipinski definition) is 0. The van der Waals surface area contributed by atoms with Gasteiger partial charge in [0, 0.05) is 18.2 Å². The second-order valence-corrected chi connectivity index (χ2v) is 11.3. The molecule has 8 heteroatoms. The van der Waals surface area contributed by atoms with Crippen LogP contribution < -0.4 is 0 Å². The molecule has 1 fully saturated rings. The molecule has 1 aliphatic rings. The molecule has 32 heavy (non-hydrogen) atoms. The molecular formula is C24H27N3O3S2. The van der Waals surface area contributed by atoms with Gasteiger partial charge in [-0.1, -0.05) is 74.5 Å². The topological polar surface area (TPSA) is 66.7 Å². The summed E-state index contributed by atoms with van der Waals surface area (Å²) in [5, 5.41) is 0.417. The molecule has 2 atom stereocenters. The minimum Gasteiger partial charge on any atom is -0.431 e. The second kappa shape index (κ2) is 9.13. The third-order valence-electron chi connectivity index (χ3n) is 5.45. The SMILES string of the molecule is C=S1(=O)N(CSc2nc(-c3ccccc3)c(-c3ccccc3)o2)C(=O)C(CC(C)C)N1C. The van der Waals surface area contributed by atoms with Crippen LogP contribution in [0.4, 0.5) is 0 Å². The van der Waals surface area contributed by atoms with Crippen molar-refractivity contribution < 1.29 is 13.4 Å². The van der Waals surface area contributed by atoms with Crippen LogP contribution in [0.1, 0.15) is 20.3 Å². The number of benzene rings is 2. The molecule has 0 radical (unpaired) electrons. The molecule has 1 amide bonds. The van der Waals surface area contributed by atoms with Gasteiger partial charge in [-0.15, -0.1) is 0 Å². The van der Waals surface area contributed by atoms with Gasteiger partial charge in [0.05, 0.1) is 5.88 Å². The van der Waals surface area contributed by atoms with E-state index < -0.39 is 15.9 Å². The van der Waals surface area contributed by atoms with Crippen molar-refractivity contribution in [3.63, 3.8) is 0 Å². The minimum atomic E-state index is -2.86. The normalized spacial score (nSPS) is 21.6. The van der Waals surface area contributed by atoms with Gasteiger partial charge < -0.3 is 4.42 Å². The molecule has 1 aliphatic heterocycles. The van der Waals surface area contributed by atoms with E-state index in [-0.39, 0.29) is 11.8 Å². The first-order valence-electron chi connectivity index (χ1n) is 10.4. The third kappa shape index (κ3) is 4.35. The number of nitrogens with zero attached hydrogens (tertiary/aromatic N) is 3. The summed E-state index contributed by atoms with van der Waals surface area (Å²) in [6.45, 7) is 4.10. The molecule has 2 unspecified atom stereocenters. The Labute approximate surface area is 193 Å². The highest BCUT2D eigenvalue weighted by atomic mass is 32.2. The molecule has 2 aromatic carbocycles. The van der Waals surface area contributed by atoms with Gasteiger partial charge >= 0.3 is 0 Å². The molecule has 1 saturated heterocycles. The van der Waals surface area contributed by atoms with Gasteiger partial charge in [-0.25, -0.2) is 17.8 Å². The van der Waals surface area contributed by atoms with E-state index in [1.807, 2.05) is 74.5 Å². The number of oxazole rings is 1. The highest BCUT2D eigenvalue weighted by Gasteiger charge is 2.44. The van der Waals surface area contributed by atoms with Gasteiger partial charge in [0.15, 0.2) is 5.76 Å². The second-order valence-electron chi connectivity index (χ2n) is 8.18. The summed E-state index contributed by atoms with van der Waals surface area (Å²) in [7, 11) is -1.16. The molecule has 0 saturated carbocycles. The molecule has 0 N–H and O–H groups in total. The molecule has 0 bridgehead atoms. The Balaban J connectivity index is 1.62. The van der Waals surface area contributed by atoms with Crippen molar-refractivity contribution >= 4 is 33.4 Å². The van der Waals surface area contributed by atoms with E-state index in [1.165, 1.54) is 16.1 Å². The van der Waals surface area contributed by atoms with Crippen LogP contribution in [0.15, 0.2) is 70.3 Å². The van der Waals surface area contributed by atoms with E-state index in [2.05, 4.69) is 5.87 Å². The van der Waals surface area contributed by atoms with E-state index in [9.17, 15) is 9.00 Å². The van der Waals surface area contributed by atoms with Crippen LogP contribution in [0.5, 0.6) is 0 Å². The van der Waals surface area contributed by atoms with Crippen LogP contribution in [0.2, 0.25) is 0 Å². The van der Waals surface area contributed by atoms with Crippen molar-refractivity contribution in [2.45, 2.75) is 31.5 Å². The number of thioether (sulfide) groups is 1. The number of carbonyl (C=O) groups excluding carboxylic acids is 1. The molecule has 2 heterocycles. The maximum atomic E-state index is 13.2. The molecule has 1 aromatic heterocycles. The lowest BCUT2D eigenvalue weighted by molar-refractivity contribution is -0.127. The number of aromatic nitrogens is 1. The van der Waals surface area contributed by atoms with Crippen molar-refractivity contribution in [3.05, 3.63) is 60.7 Å². The van der Waals surface area contributed by atoms with Gasteiger partial charge in [0.25, 0.3) is 11.1 Å². The Bertz CT molecular complexity index is 1130. The van der Waals surface area contributed by atoms with Crippen molar-refractivity contribution in [2.75, 3.05) is 12.9 Å². The van der Waals surface area contributed by atoms with Crippen molar-refractivity contribution in [1.82, 2.24) is 13.6 Å². The zero-order valence-electron chi connectivity index (χ0n) is 18.4. The predicted octanol–water partition coefficient (Wildman–Crippen LogP) is 4.79. The first kappa shape index (κ1) is 22.6. The fourth-order valence-electron chi connectivity index (χ4n) is 3.71. The highest BCUT2D eigenvalue weighted by Crippen LogP contribution is 2.37. The van der Waals surface area contributed by atoms with E-state index in [1.54, 1.807) is 11.4 Å². The number of hydrogen-bond acceptors (Lipinski definition) is 5. The molecule has 0 spiro atoms. The third-order valence-corrected chi connectivity index (χ3v) is 8.58. The van der Waals surface area contributed by atoms with Gasteiger partial charge in [0.2, 0.25) is 0 Å². The number of rotatable bonds is 7. The number of likely N-dealkylation sites (N-methyl/N-ethyl adjacent to an activating group) is 1. The van der Waals surface area contributed by atoms with Crippen LogP contribution in [-0.4, -0.2) is 48.5 Å².